The highest BCUT2D eigenvalue weighted by atomic mass is 16.5. The van der Waals surface area contributed by atoms with Crippen molar-refractivity contribution >= 4 is 24.0 Å². The Bertz CT molecular complexity index is 577. The van der Waals surface area contributed by atoms with Gasteiger partial charge in [-0.05, 0) is 32.6 Å². The zero-order valence-corrected chi connectivity index (χ0v) is 15.5. The van der Waals surface area contributed by atoms with E-state index >= 15 is 0 Å². The average molecular weight is 363 g/mol. The maximum absolute atomic E-state index is 12.6. The fourth-order valence-corrected chi connectivity index (χ4v) is 4.46. The monoisotopic (exact) mass is 363 g/mol. The Balaban J connectivity index is 1.61. The highest BCUT2D eigenvalue weighted by Crippen LogP contribution is 2.28. The van der Waals surface area contributed by atoms with Crippen LogP contribution < -0.4 is 5.32 Å². The normalized spacial score (nSPS) is 31.3. The number of aliphatic imine (C=N–C) groups is 1. The van der Waals surface area contributed by atoms with E-state index in [1.807, 2.05) is 0 Å². The van der Waals surface area contributed by atoms with E-state index in [-0.39, 0.29) is 48.4 Å². The van der Waals surface area contributed by atoms with Crippen LogP contribution in [0.15, 0.2) is 4.99 Å². The van der Waals surface area contributed by atoms with Gasteiger partial charge in [-0.1, -0.05) is 25.7 Å². The minimum Gasteiger partial charge on any atom is -0.466 e. The molecule has 7 heteroatoms. The van der Waals surface area contributed by atoms with E-state index in [2.05, 4.69) is 10.3 Å². The minimum absolute atomic E-state index is 0.0270. The van der Waals surface area contributed by atoms with Crippen LogP contribution in [0.1, 0.15) is 58.3 Å². The highest BCUT2D eigenvalue weighted by molar-refractivity contribution is 6.27. The van der Waals surface area contributed by atoms with Gasteiger partial charge in [0.05, 0.1) is 30.8 Å². The molecule has 0 spiro atoms. The molecule has 0 saturated heterocycles. The van der Waals surface area contributed by atoms with Gasteiger partial charge in [-0.2, -0.15) is 0 Å². The van der Waals surface area contributed by atoms with Crippen molar-refractivity contribution in [3.63, 3.8) is 0 Å². The Morgan fingerprint density at radius 1 is 1.19 bits per heavy atom. The summed E-state index contributed by atoms with van der Waals surface area (Å²) < 4.78 is 5.16. The van der Waals surface area contributed by atoms with Crippen LogP contribution in [0.2, 0.25) is 0 Å². The van der Waals surface area contributed by atoms with Crippen molar-refractivity contribution in [2.45, 2.75) is 76.4 Å². The van der Waals surface area contributed by atoms with Gasteiger partial charge in [-0.25, -0.2) is 0 Å². The van der Waals surface area contributed by atoms with E-state index in [1.54, 1.807) is 11.8 Å². The number of nitrogens with one attached hydrogen (secondary N) is 1. The lowest BCUT2D eigenvalue weighted by molar-refractivity contribution is -0.150. The lowest BCUT2D eigenvalue weighted by atomic mass is 9.84. The quantitative estimate of drug-likeness (QED) is 0.749. The number of carbonyl (C=O) groups excluding carboxylic acids is 3. The summed E-state index contributed by atoms with van der Waals surface area (Å²) in [5.41, 5.74) is 0. The number of ether oxygens (including phenoxy) is 1. The van der Waals surface area contributed by atoms with Crippen molar-refractivity contribution in [3.05, 3.63) is 0 Å². The second-order valence-corrected chi connectivity index (χ2v) is 7.48. The molecule has 144 valence electrons. The van der Waals surface area contributed by atoms with E-state index in [4.69, 9.17) is 4.74 Å². The molecule has 4 unspecified atom stereocenters. The molecule has 1 aliphatic heterocycles. The molecular formula is C19H29N3O4. The van der Waals surface area contributed by atoms with Gasteiger partial charge in [0.15, 0.2) is 0 Å². The van der Waals surface area contributed by atoms with E-state index in [1.165, 1.54) is 6.21 Å². The molecule has 0 radical (unpaired) electrons. The van der Waals surface area contributed by atoms with E-state index in [0.29, 0.717) is 6.61 Å². The molecule has 2 fully saturated rings. The second-order valence-electron chi connectivity index (χ2n) is 7.48. The van der Waals surface area contributed by atoms with Crippen molar-refractivity contribution in [1.29, 1.82) is 0 Å². The van der Waals surface area contributed by atoms with Gasteiger partial charge >= 0.3 is 5.97 Å². The lowest BCUT2D eigenvalue weighted by Gasteiger charge is -2.40. The SMILES string of the molecule is CCOC(=O)C1CCCCC1NC(=O)CN1C(=O)C=NC2CCCCC21. The average Bonchev–Trinajstić information content (AvgIpc) is 2.65. The number of hydrogen-bond acceptors (Lipinski definition) is 5. The highest BCUT2D eigenvalue weighted by Gasteiger charge is 2.37. The first-order chi connectivity index (χ1) is 12.6. The molecule has 0 bridgehead atoms. The summed E-state index contributed by atoms with van der Waals surface area (Å²) in [6.07, 6.45) is 8.89. The van der Waals surface area contributed by atoms with Gasteiger partial charge in [0.1, 0.15) is 6.54 Å². The maximum Gasteiger partial charge on any atom is 0.311 e. The van der Waals surface area contributed by atoms with Crippen LogP contribution in [0.5, 0.6) is 0 Å². The summed E-state index contributed by atoms with van der Waals surface area (Å²) in [6, 6.07) is -0.0542. The molecule has 1 N–H and O–H groups in total. The molecule has 2 saturated carbocycles. The molecule has 3 rings (SSSR count). The second kappa shape index (κ2) is 8.64. The van der Waals surface area contributed by atoms with Crippen molar-refractivity contribution in [1.82, 2.24) is 10.2 Å². The topological polar surface area (TPSA) is 88.1 Å². The first-order valence-corrected chi connectivity index (χ1v) is 9.90. The van der Waals surface area contributed by atoms with Gasteiger partial charge in [0, 0.05) is 6.04 Å². The standard InChI is InChI=1S/C19H29N3O4/c1-2-26-19(25)13-7-3-4-8-14(13)21-17(23)12-22-16-10-6-5-9-15(16)20-11-18(22)24/h11,13-16H,2-10,12H2,1H3,(H,21,23). The summed E-state index contributed by atoms with van der Waals surface area (Å²) in [4.78, 5) is 43.1. The van der Waals surface area contributed by atoms with Gasteiger partial charge in [0.25, 0.3) is 5.91 Å². The fraction of sp³-hybridized carbons (Fsp3) is 0.789. The lowest BCUT2D eigenvalue weighted by Crippen LogP contribution is -2.56. The predicted octanol–water partition coefficient (Wildman–Crippen LogP) is 1.45. The van der Waals surface area contributed by atoms with Crippen molar-refractivity contribution < 1.29 is 19.1 Å². The summed E-state index contributed by atoms with van der Waals surface area (Å²) in [6.45, 7) is 2.18. The third-order valence-corrected chi connectivity index (χ3v) is 5.77. The van der Waals surface area contributed by atoms with Gasteiger partial charge in [-0.15, -0.1) is 0 Å². The summed E-state index contributed by atoms with van der Waals surface area (Å²) in [7, 11) is 0. The number of carbonyl (C=O) groups is 3. The molecule has 2 aliphatic carbocycles. The molecule has 0 aromatic rings. The zero-order valence-electron chi connectivity index (χ0n) is 15.5. The van der Waals surface area contributed by atoms with Crippen LogP contribution in [0, 0.1) is 5.92 Å². The first-order valence-electron chi connectivity index (χ1n) is 9.90. The van der Waals surface area contributed by atoms with Crippen molar-refractivity contribution in [2.24, 2.45) is 10.9 Å². The van der Waals surface area contributed by atoms with Crippen LogP contribution in [0.25, 0.3) is 0 Å². The largest absolute Gasteiger partial charge is 0.466 e. The Morgan fingerprint density at radius 2 is 1.92 bits per heavy atom. The maximum atomic E-state index is 12.6. The number of nitrogens with zero attached hydrogens (tertiary/aromatic N) is 2. The number of fused-ring (bicyclic) bond motifs is 1. The van der Waals surface area contributed by atoms with Crippen LogP contribution in [-0.2, 0) is 19.1 Å². The van der Waals surface area contributed by atoms with Crippen LogP contribution in [0.4, 0.5) is 0 Å². The molecular weight excluding hydrogens is 334 g/mol. The summed E-state index contributed by atoms with van der Waals surface area (Å²) >= 11 is 0. The molecule has 7 nitrogen and oxygen atoms in total. The number of rotatable bonds is 5. The Hall–Kier alpha value is -1.92. The first kappa shape index (κ1) is 18.9. The molecule has 2 amide bonds. The third-order valence-electron chi connectivity index (χ3n) is 5.77. The van der Waals surface area contributed by atoms with E-state index in [0.717, 1.165) is 51.4 Å². The van der Waals surface area contributed by atoms with Crippen LogP contribution in [0.3, 0.4) is 0 Å². The van der Waals surface area contributed by atoms with Crippen molar-refractivity contribution in [2.75, 3.05) is 13.2 Å². The number of esters is 1. The minimum atomic E-state index is -0.284. The Kier molecular flexibility index (Phi) is 6.27. The molecule has 0 aromatic heterocycles. The van der Waals surface area contributed by atoms with E-state index in [9.17, 15) is 14.4 Å². The van der Waals surface area contributed by atoms with Gasteiger partial charge in [0.2, 0.25) is 5.91 Å². The Labute approximate surface area is 154 Å². The fourth-order valence-electron chi connectivity index (χ4n) is 4.46. The van der Waals surface area contributed by atoms with Crippen LogP contribution >= 0.6 is 0 Å². The molecule has 1 heterocycles. The summed E-state index contributed by atoms with van der Waals surface area (Å²) in [5, 5.41) is 2.99. The molecule has 0 aromatic carbocycles. The zero-order chi connectivity index (χ0) is 18.5. The van der Waals surface area contributed by atoms with E-state index < -0.39 is 0 Å². The molecule has 4 atom stereocenters. The van der Waals surface area contributed by atoms with Crippen LogP contribution in [-0.4, -0.2) is 60.2 Å². The predicted molar refractivity (Wildman–Crippen MR) is 96.8 cm³/mol. The summed E-state index contributed by atoms with van der Waals surface area (Å²) in [5.74, 6) is -0.896. The Morgan fingerprint density at radius 3 is 2.73 bits per heavy atom. The van der Waals surface area contributed by atoms with Gasteiger partial charge in [-0.3, -0.25) is 19.4 Å². The number of amides is 2. The van der Waals surface area contributed by atoms with Gasteiger partial charge < -0.3 is 15.0 Å². The third kappa shape index (κ3) is 4.24. The molecule has 26 heavy (non-hydrogen) atoms. The smallest absolute Gasteiger partial charge is 0.311 e. The number of hydrogen-bond donors (Lipinski definition) is 1. The molecule has 3 aliphatic rings. The van der Waals surface area contributed by atoms with Crippen molar-refractivity contribution in [3.8, 4) is 0 Å².